The van der Waals surface area contributed by atoms with Gasteiger partial charge in [-0.15, -0.1) is 0 Å². The number of anilines is 2. The molecule has 0 fully saturated rings. The third-order valence-corrected chi connectivity index (χ3v) is 2.96. The molecule has 0 atom stereocenters. The Morgan fingerprint density at radius 1 is 1.15 bits per heavy atom. The molecule has 106 valence electrons. The van der Waals surface area contributed by atoms with Gasteiger partial charge in [0.1, 0.15) is 17.5 Å². The molecule has 0 saturated carbocycles. The SMILES string of the molecule is CNc1cc(NCc2ccc(C)nc2)nc(C(C)C)n1. The summed E-state index contributed by atoms with van der Waals surface area (Å²) in [7, 11) is 1.86. The summed E-state index contributed by atoms with van der Waals surface area (Å²) in [6.07, 6.45) is 1.88. The number of hydrogen-bond acceptors (Lipinski definition) is 5. The molecule has 20 heavy (non-hydrogen) atoms. The summed E-state index contributed by atoms with van der Waals surface area (Å²) in [5.41, 5.74) is 2.15. The van der Waals surface area contributed by atoms with Gasteiger partial charge in [0, 0.05) is 37.5 Å². The molecule has 0 aliphatic carbocycles. The Kier molecular flexibility index (Phi) is 4.50. The largest absolute Gasteiger partial charge is 0.373 e. The van der Waals surface area contributed by atoms with Crippen molar-refractivity contribution >= 4 is 11.6 Å². The Bertz CT molecular complexity index is 563. The first-order valence-corrected chi connectivity index (χ1v) is 6.80. The van der Waals surface area contributed by atoms with Crippen LogP contribution in [0.3, 0.4) is 0 Å². The second-order valence-electron chi connectivity index (χ2n) is 5.06. The lowest BCUT2D eigenvalue weighted by Gasteiger charge is -2.11. The summed E-state index contributed by atoms with van der Waals surface area (Å²) in [6.45, 7) is 6.85. The summed E-state index contributed by atoms with van der Waals surface area (Å²) in [4.78, 5) is 13.3. The van der Waals surface area contributed by atoms with Crippen molar-refractivity contribution in [2.75, 3.05) is 17.7 Å². The molecule has 2 rings (SSSR count). The minimum absolute atomic E-state index is 0.296. The minimum atomic E-state index is 0.296. The Labute approximate surface area is 119 Å². The van der Waals surface area contributed by atoms with Gasteiger partial charge < -0.3 is 10.6 Å². The van der Waals surface area contributed by atoms with E-state index in [1.54, 1.807) is 0 Å². The molecule has 5 nitrogen and oxygen atoms in total. The zero-order valence-electron chi connectivity index (χ0n) is 12.4. The zero-order valence-corrected chi connectivity index (χ0v) is 12.4. The Morgan fingerprint density at radius 3 is 2.50 bits per heavy atom. The van der Waals surface area contributed by atoms with Crippen molar-refractivity contribution in [2.24, 2.45) is 0 Å². The second kappa shape index (κ2) is 6.32. The predicted molar refractivity (Wildman–Crippen MR) is 82.0 cm³/mol. The van der Waals surface area contributed by atoms with Crippen molar-refractivity contribution in [2.45, 2.75) is 33.2 Å². The minimum Gasteiger partial charge on any atom is -0.373 e. The molecule has 0 bridgehead atoms. The fraction of sp³-hybridized carbons (Fsp3) is 0.400. The first-order chi connectivity index (χ1) is 9.58. The first-order valence-electron chi connectivity index (χ1n) is 6.80. The molecule has 2 aromatic heterocycles. The van der Waals surface area contributed by atoms with Crippen molar-refractivity contribution < 1.29 is 0 Å². The van der Waals surface area contributed by atoms with Crippen LogP contribution in [0.5, 0.6) is 0 Å². The summed E-state index contributed by atoms with van der Waals surface area (Å²) >= 11 is 0. The maximum Gasteiger partial charge on any atom is 0.135 e. The van der Waals surface area contributed by atoms with E-state index in [0.717, 1.165) is 28.7 Å². The van der Waals surface area contributed by atoms with Gasteiger partial charge >= 0.3 is 0 Å². The van der Waals surface area contributed by atoms with Gasteiger partial charge in [0.25, 0.3) is 0 Å². The van der Waals surface area contributed by atoms with Gasteiger partial charge in [-0.1, -0.05) is 19.9 Å². The molecule has 0 amide bonds. The molecule has 0 radical (unpaired) electrons. The zero-order chi connectivity index (χ0) is 14.5. The Morgan fingerprint density at radius 2 is 1.90 bits per heavy atom. The molecule has 0 aromatic carbocycles. The van der Waals surface area contributed by atoms with Crippen molar-refractivity contribution in [3.05, 3.63) is 41.5 Å². The van der Waals surface area contributed by atoms with Crippen LogP contribution in [0.15, 0.2) is 24.4 Å². The van der Waals surface area contributed by atoms with E-state index in [1.165, 1.54) is 0 Å². The summed E-state index contributed by atoms with van der Waals surface area (Å²) in [5, 5.41) is 6.38. The highest BCUT2D eigenvalue weighted by atomic mass is 15.1. The van der Waals surface area contributed by atoms with Crippen molar-refractivity contribution in [3.63, 3.8) is 0 Å². The molecule has 0 spiro atoms. The Balaban J connectivity index is 2.12. The molecular formula is C15H21N5. The lowest BCUT2D eigenvalue weighted by atomic mass is 10.2. The molecule has 0 unspecified atom stereocenters. The van der Waals surface area contributed by atoms with E-state index in [4.69, 9.17) is 0 Å². The number of rotatable bonds is 5. The second-order valence-corrected chi connectivity index (χ2v) is 5.06. The fourth-order valence-electron chi connectivity index (χ4n) is 1.74. The van der Waals surface area contributed by atoms with Crippen molar-refractivity contribution in [1.29, 1.82) is 0 Å². The van der Waals surface area contributed by atoms with Crippen LogP contribution in [0.1, 0.15) is 36.8 Å². The lowest BCUT2D eigenvalue weighted by molar-refractivity contribution is 0.776. The van der Waals surface area contributed by atoms with E-state index in [1.807, 2.05) is 32.3 Å². The fourth-order valence-corrected chi connectivity index (χ4v) is 1.74. The van der Waals surface area contributed by atoms with Crippen LogP contribution >= 0.6 is 0 Å². The van der Waals surface area contributed by atoms with Gasteiger partial charge in [0.15, 0.2) is 0 Å². The highest BCUT2D eigenvalue weighted by molar-refractivity contribution is 5.47. The summed E-state index contributed by atoms with van der Waals surface area (Å²) in [5.74, 6) is 2.79. The molecule has 2 N–H and O–H groups in total. The topological polar surface area (TPSA) is 62.7 Å². The molecule has 5 heteroatoms. The van der Waals surface area contributed by atoms with Gasteiger partial charge in [-0.3, -0.25) is 4.98 Å². The third kappa shape index (κ3) is 3.66. The van der Waals surface area contributed by atoms with E-state index in [2.05, 4.69) is 45.5 Å². The third-order valence-electron chi connectivity index (χ3n) is 2.96. The van der Waals surface area contributed by atoms with Crippen LogP contribution in [-0.4, -0.2) is 22.0 Å². The maximum atomic E-state index is 4.53. The van der Waals surface area contributed by atoms with E-state index < -0.39 is 0 Å². The molecule has 0 saturated heterocycles. The van der Waals surface area contributed by atoms with E-state index >= 15 is 0 Å². The van der Waals surface area contributed by atoms with Crippen molar-refractivity contribution in [1.82, 2.24) is 15.0 Å². The Hall–Kier alpha value is -2.17. The number of pyridine rings is 1. The highest BCUT2D eigenvalue weighted by Gasteiger charge is 2.07. The summed E-state index contributed by atoms with van der Waals surface area (Å²) in [6, 6.07) is 5.99. The predicted octanol–water partition coefficient (Wildman–Crippen LogP) is 2.96. The van der Waals surface area contributed by atoms with Crippen LogP contribution in [0.25, 0.3) is 0 Å². The number of nitrogens with one attached hydrogen (secondary N) is 2. The van der Waals surface area contributed by atoms with Crippen LogP contribution in [0.2, 0.25) is 0 Å². The average molecular weight is 271 g/mol. The monoisotopic (exact) mass is 271 g/mol. The van der Waals surface area contributed by atoms with Crippen LogP contribution < -0.4 is 10.6 Å². The van der Waals surface area contributed by atoms with Gasteiger partial charge in [0.2, 0.25) is 0 Å². The highest BCUT2D eigenvalue weighted by Crippen LogP contribution is 2.17. The van der Waals surface area contributed by atoms with Gasteiger partial charge in [-0.2, -0.15) is 0 Å². The first kappa shape index (κ1) is 14.2. The number of hydrogen-bond donors (Lipinski definition) is 2. The maximum absolute atomic E-state index is 4.53. The quantitative estimate of drug-likeness (QED) is 0.875. The number of nitrogens with zero attached hydrogens (tertiary/aromatic N) is 3. The molecular weight excluding hydrogens is 250 g/mol. The van der Waals surface area contributed by atoms with Gasteiger partial charge in [-0.25, -0.2) is 9.97 Å². The number of aromatic nitrogens is 3. The van der Waals surface area contributed by atoms with Gasteiger partial charge in [0.05, 0.1) is 0 Å². The van der Waals surface area contributed by atoms with E-state index in [-0.39, 0.29) is 0 Å². The molecule has 0 aliphatic heterocycles. The smallest absolute Gasteiger partial charge is 0.135 e. The summed E-state index contributed by atoms with van der Waals surface area (Å²) < 4.78 is 0. The van der Waals surface area contributed by atoms with Crippen LogP contribution in [0.4, 0.5) is 11.6 Å². The van der Waals surface area contributed by atoms with Gasteiger partial charge in [-0.05, 0) is 18.6 Å². The van der Waals surface area contributed by atoms with Crippen molar-refractivity contribution in [3.8, 4) is 0 Å². The average Bonchev–Trinajstić information content (AvgIpc) is 2.46. The van der Waals surface area contributed by atoms with Crippen LogP contribution in [0, 0.1) is 6.92 Å². The van der Waals surface area contributed by atoms with E-state index in [9.17, 15) is 0 Å². The molecule has 2 aromatic rings. The molecule has 0 aliphatic rings. The number of aryl methyl sites for hydroxylation is 1. The normalized spacial score (nSPS) is 10.7. The molecule has 2 heterocycles. The standard InChI is InChI=1S/C15H21N5/c1-10(2)15-19-13(16-4)7-14(20-15)18-9-12-6-5-11(3)17-8-12/h5-8,10H,9H2,1-4H3,(H2,16,18,19,20). The van der Waals surface area contributed by atoms with Crippen LogP contribution in [-0.2, 0) is 6.54 Å². The lowest BCUT2D eigenvalue weighted by Crippen LogP contribution is -2.07. The van der Waals surface area contributed by atoms with E-state index in [0.29, 0.717) is 12.5 Å².